The van der Waals surface area contributed by atoms with Crippen molar-refractivity contribution in [2.75, 3.05) is 26.4 Å². The van der Waals surface area contributed by atoms with Gasteiger partial charge in [0.25, 0.3) is 0 Å². The molecule has 8 heteroatoms. The summed E-state index contributed by atoms with van der Waals surface area (Å²) in [5.74, 6) is -1.31. The number of rotatable bonds is 4. The molecule has 0 radical (unpaired) electrons. The van der Waals surface area contributed by atoms with Crippen LogP contribution in [-0.4, -0.2) is 76.8 Å². The van der Waals surface area contributed by atoms with Crippen molar-refractivity contribution >= 4 is 12.0 Å². The number of urea groups is 1. The fraction of sp³-hybridized carbons (Fsp3) is 0.800. The smallest absolute Gasteiger partial charge is 0.328 e. The van der Waals surface area contributed by atoms with Crippen molar-refractivity contribution in [3.63, 3.8) is 0 Å². The van der Waals surface area contributed by atoms with Gasteiger partial charge in [0, 0.05) is 6.54 Å². The van der Waals surface area contributed by atoms with Gasteiger partial charge in [-0.2, -0.15) is 0 Å². The minimum atomic E-state index is -1.38. The third-order valence-electron chi connectivity index (χ3n) is 2.73. The summed E-state index contributed by atoms with van der Waals surface area (Å²) < 4.78 is 5.11. The van der Waals surface area contributed by atoms with Crippen LogP contribution < -0.4 is 5.32 Å². The van der Waals surface area contributed by atoms with Crippen LogP contribution in [0.1, 0.15) is 6.92 Å². The maximum Gasteiger partial charge on any atom is 0.328 e. The van der Waals surface area contributed by atoms with Crippen molar-refractivity contribution in [3.8, 4) is 0 Å². The maximum absolute atomic E-state index is 11.9. The molecule has 0 aromatic carbocycles. The van der Waals surface area contributed by atoms with Gasteiger partial charge in [0.2, 0.25) is 0 Å². The van der Waals surface area contributed by atoms with E-state index in [1.807, 2.05) is 0 Å². The third-order valence-corrected chi connectivity index (χ3v) is 2.73. The first-order chi connectivity index (χ1) is 8.47. The SMILES string of the molecule is C[C@@H](O)[C@H](NC(=O)N1CCOCC1CO)C(=O)O. The number of ether oxygens (including phenoxy) is 1. The molecule has 1 heterocycles. The van der Waals surface area contributed by atoms with Gasteiger partial charge in [0.05, 0.1) is 32.0 Å². The molecule has 1 aliphatic heterocycles. The normalized spacial score (nSPS) is 23.3. The number of carbonyl (C=O) groups is 2. The van der Waals surface area contributed by atoms with Crippen LogP contribution in [0.4, 0.5) is 4.79 Å². The second kappa shape index (κ2) is 6.53. The molecule has 0 bridgehead atoms. The highest BCUT2D eigenvalue weighted by atomic mass is 16.5. The molecule has 1 saturated heterocycles. The van der Waals surface area contributed by atoms with E-state index in [1.165, 1.54) is 11.8 Å². The number of aliphatic hydroxyl groups excluding tert-OH is 2. The summed E-state index contributed by atoms with van der Waals surface area (Å²) in [6.45, 7) is 1.82. The number of nitrogens with zero attached hydrogens (tertiary/aromatic N) is 1. The van der Waals surface area contributed by atoms with Crippen molar-refractivity contribution in [2.24, 2.45) is 0 Å². The van der Waals surface area contributed by atoms with E-state index >= 15 is 0 Å². The van der Waals surface area contributed by atoms with Crippen LogP contribution in [0.2, 0.25) is 0 Å². The Balaban J connectivity index is 2.64. The Kier molecular flexibility index (Phi) is 5.32. The van der Waals surface area contributed by atoms with Crippen LogP contribution in [0.15, 0.2) is 0 Å². The Morgan fingerprint density at radius 2 is 2.22 bits per heavy atom. The molecule has 1 fully saturated rings. The van der Waals surface area contributed by atoms with Crippen LogP contribution in [0, 0.1) is 0 Å². The van der Waals surface area contributed by atoms with Gasteiger partial charge < -0.3 is 30.3 Å². The predicted molar refractivity (Wildman–Crippen MR) is 60.0 cm³/mol. The van der Waals surface area contributed by atoms with Crippen LogP contribution in [0.25, 0.3) is 0 Å². The van der Waals surface area contributed by atoms with Gasteiger partial charge in [-0.15, -0.1) is 0 Å². The Labute approximate surface area is 104 Å². The molecule has 3 atom stereocenters. The standard InChI is InChI=1S/C10H18N2O6/c1-6(14)8(9(15)16)11-10(17)12-2-3-18-5-7(12)4-13/h6-8,13-14H,2-5H2,1H3,(H,11,17)(H,15,16)/t6-,7?,8+/m1/s1. The first-order valence-corrected chi connectivity index (χ1v) is 5.64. The quantitative estimate of drug-likeness (QED) is 0.475. The fourth-order valence-corrected chi connectivity index (χ4v) is 1.68. The number of hydrogen-bond donors (Lipinski definition) is 4. The van der Waals surface area contributed by atoms with Gasteiger partial charge in [-0.1, -0.05) is 0 Å². The molecule has 8 nitrogen and oxygen atoms in total. The molecule has 0 aromatic rings. The van der Waals surface area contributed by atoms with Crippen molar-refractivity contribution in [3.05, 3.63) is 0 Å². The van der Waals surface area contributed by atoms with Gasteiger partial charge in [-0.25, -0.2) is 9.59 Å². The summed E-state index contributed by atoms with van der Waals surface area (Å²) in [6.07, 6.45) is -1.21. The number of nitrogens with one attached hydrogen (secondary N) is 1. The van der Waals surface area contributed by atoms with Gasteiger partial charge in [-0.05, 0) is 6.92 Å². The average molecular weight is 262 g/mol. The summed E-state index contributed by atoms with van der Waals surface area (Å²) >= 11 is 0. The maximum atomic E-state index is 11.9. The predicted octanol–water partition coefficient (Wildman–Crippen LogP) is -1.78. The number of carbonyl (C=O) groups excluding carboxylic acids is 1. The Hall–Kier alpha value is -1.38. The lowest BCUT2D eigenvalue weighted by atomic mass is 10.2. The number of morpholine rings is 1. The lowest BCUT2D eigenvalue weighted by Crippen LogP contribution is -2.58. The van der Waals surface area contributed by atoms with Crippen molar-refractivity contribution < 1.29 is 29.6 Å². The van der Waals surface area contributed by atoms with E-state index in [1.54, 1.807) is 0 Å². The Morgan fingerprint density at radius 3 is 2.72 bits per heavy atom. The molecule has 0 aliphatic carbocycles. The van der Waals surface area contributed by atoms with Crippen LogP contribution in [-0.2, 0) is 9.53 Å². The molecule has 2 amide bonds. The highest BCUT2D eigenvalue weighted by molar-refractivity contribution is 5.83. The highest BCUT2D eigenvalue weighted by Crippen LogP contribution is 2.07. The van der Waals surface area contributed by atoms with E-state index in [9.17, 15) is 14.7 Å². The number of carboxylic acid groups (broad SMARTS) is 1. The van der Waals surface area contributed by atoms with Gasteiger partial charge in [0.1, 0.15) is 0 Å². The number of aliphatic carboxylic acids is 1. The second-order valence-electron chi connectivity index (χ2n) is 4.11. The first-order valence-electron chi connectivity index (χ1n) is 5.64. The zero-order valence-electron chi connectivity index (χ0n) is 10.1. The summed E-state index contributed by atoms with van der Waals surface area (Å²) in [7, 11) is 0. The zero-order chi connectivity index (χ0) is 13.7. The van der Waals surface area contributed by atoms with E-state index in [0.29, 0.717) is 6.61 Å². The number of hydrogen-bond acceptors (Lipinski definition) is 5. The van der Waals surface area contributed by atoms with Crippen LogP contribution >= 0.6 is 0 Å². The number of carboxylic acids is 1. The molecule has 0 aromatic heterocycles. The van der Waals surface area contributed by atoms with E-state index in [4.69, 9.17) is 14.9 Å². The van der Waals surface area contributed by atoms with Crippen LogP contribution in [0.3, 0.4) is 0 Å². The lowest BCUT2D eigenvalue weighted by molar-refractivity contribution is -0.141. The molecule has 0 saturated carbocycles. The molecule has 1 unspecified atom stereocenters. The van der Waals surface area contributed by atoms with Crippen molar-refractivity contribution in [1.29, 1.82) is 0 Å². The zero-order valence-corrected chi connectivity index (χ0v) is 10.1. The van der Waals surface area contributed by atoms with E-state index < -0.39 is 30.2 Å². The molecule has 0 spiro atoms. The highest BCUT2D eigenvalue weighted by Gasteiger charge is 2.31. The van der Waals surface area contributed by atoms with Crippen molar-refractivity contribution in [1.82, 2.24) is 10.2 Å². The topological polar surface area (TPSA) is 119 Å². The summed E-state index contributed by atoms with van der Waals surface area (Å²) in [5.41, 5.74) is 0. The summed E-state index contributed by atoms with van der Waals surface area (Å²) in [4.78, 5) is 24.0. The molecule has 1 aliphatic rings. The molecular formula is C10H18N2O6. The fourth-order valence-electron chi connectivity index (χ4n) is 1.68. The summed E-state index contributed by atoms with van der Waals surface area (Å²) in [6, 6.07) is -2.51. The minimum Gasteiger partial charge on any atom is -0.480 e. The largest absolute Gasteiger partial charge is 0.480 e. The average Bonchev–Trinajstić information content (AvgIpc) is 2.34. The lowest BCUT2D eigenvalue weighted by Gasteiger charge is -2.35. The van der Waals surface area contributed by atoms with E-state index in [0.717, 1.165) is 0 Å². The van der Waals surface area contributed by atoms with E-state index in [-0.39, 0.29) is 19.8 Å². The molecule has 4 N–H and O–H groups in total. The van der Waals surface area contributed by atoms with Crippen LogP contribution in [0.5, 0.6) is 0 Å². The number of amides is 2. The first kappa shape index (κ1) is 14.7. The molecule has 104 valence electrons. The molecular weight excluding hydrogens is 244 g/mol. The third kappa shape index (κ3) is 3.56. The minimum absolute atomic E-state index is 0.205. The Bertz CT molecular complexity index is 309. The molecule has 1 rings (SSSR count). The summed E-state index contributed by atoms with van der Waals surface area (Å²) in [5, 5.41) is 29.4. The van der Waals surface area contributed by atoms with Crippen molar-refractivity contribution in [2.45, 2.75) is 25.1 Å². The Morgan fingerprint density at radius 1 is 1.56 bits per heavy atom. The second-order valence-corrected chi connectivity index (χ2v) is 4.11. The van der Waals surface area contributed by atoms with E-state index in [2.05, 4.69) is 5.32 Å². The molecule has 18 heavy (non-hydrogen) atoms. The number of aliphatic hydroxyl groups is 2. The van der Waals surface area contributed by atoms with Gasteiger partial charge >= 0.3 is 12.0 Å². The van der Waals surface area contributed by atoms with Gasteiger partial charge in [-0.3, -0.25) is 0 Å². The monoisotopic (exact) mass is 262 g/mol. The van der Waals surface area contributed by atoms with Gasteiger partial charge in [0.15, 0.2) is 6.04 Å².